The van der Waals surface area contributed by atoms with Crippen molar-refractivity contribution >= 4 is 34.2 Å². The van der Waals surface area contributed by atoms with Crippen LogP contribution in [0.4, 0.5) is 10.1 Å². The summed E-state index contributed by atoms with van der Waals surface area (Å²) in [4.78, 5) is 28.7. The Labute approximate surface area is 206 Å². The minimum atomic E-state index is -0.798. The predicted octanol–water partition coefficient (Wildman–Crippen LogP) is 6.76. The number of carbonyl (C=O) groups excluding carboxylic acids is 1. The molecule has 35 heavy (non-hydrogen) atoms. The van der Waals surface area contributed by atoms with Crippen molar-refractivity contribution < 1.29 is 18.3 Å². The first kappa shape index (κ1) is 23.1. The molecule has 1 aromatic heterocycles. The van der Waals surface area contributed by atoms with E-state index in [9.17, 15) is 14.0 Å². The number of halogens is 2. The summed E-state index contributed by atoms with van der Waals surface area (Å²) in [6, 6.07) is 17.0. The van der Waals surface area contributed by atoms with Crippen molar-refractivity contribution in [2.45, 2.75) is 26.3 Å². The molecule has 1 aliphatic heterocycles. The summed E-state index contributed by atoms with van der Waals surface area (Å²) in [6.07, 6.45) is 0.894. The lowest BCUT2D eigenvalue weighted by Gasteiger charge is -2.25. The maximum Gasteiger partial charge on any atom is 0.295 e. The maximum atomic E-state index is 14.0. The smallest absolute Gasteiger partial charge is 0.295 e. The molecule has 1 atom stereocenters. The molecular weight excluding hydrogens is 469 g/mol. The summed E-state index contributed by atoms with van der Waals surface area (Å²) in [5.74, 6) is 0.0327. The van der Waals surface area contributed by atoms with Crippen LogP contribution >= 0.6 is 11.6 Å². The molecule has 2 heterocycles. The van der Waals surface area contributed by atoms with Crippen LogP contribution in [0.15, 0.2) is 75.9 Å². The molecule has 5 nitrogen and oxygen atoms in total. The van der Waals surface area contributed by atoms with E-state index < -0.39 is 23.2 Å². The Morgan fingerprint density at radius 1 is 1.06 bits per heavy atom. The zero-order valence-electron chi connectivity index (χ0n) is 19.3. The number of rotatable bonds is 6. The van der Waals surface area contributed by atoms with E-state index in [4.69, 9.17) is 20.8 Å². The summed E-state index contributed by atoms with van der Waals surface area (Å²) < 4.78 is 25.8. The predicted molar refractivity (Wildman–Crippen MR) is 134 cm³/mol. The van der Waals surface area contributed by atoms with Crippen LogP contribution in [-0.4, -0.2) is 12.5 Å². The number of carbonyl (C=O) groups is 1. The highest BCUT2D eigenvalue weighted by Gasteiger charge is 2.43. The number of benzene rings is 3. The zero-order valence-corrected chi connectivity index (χ0v) is 20.0. The molecule has 5 rings (SSSR count). The van der Waals surface area contributed by atoms with Gasteiger partial charge in [-0.1, -0.05) is 43.6 Å². The molecule has 0 spiro atoms. The van der Waals surface area contributed by atoms with E-state index in [1.165, 1.54) is 17.0 Å². The third-order valence-electron chi connectivity index (χ3n) is 6.06. The normalized spacial score (nSPS) is 15.2. The summed E-state index contributed by atoms with van der Waals surface area (Å²) in [5, 5.41) is 0.529. The Hall–Kier alpha value is -3.64. The third-order valence-corrected chi connectivity index (χ3v) is 6.29. The molecular formula is C28H23ClFNO4. The Bertz CT molecular complexity index is 1500. The molecule has 0 aliphatic carbocycles. The van der Waals surface area contributed by atoms with Crippen LogP contribution < -0.4 is 15.1 Å². The van der Waals surface area contributed by atoms with Gasteiger partial charge in [-0.25, -0.2) is 4.39 Å². The van der Waals surface area contributed by atoms with Gasteiger partial charge in [-0.2, -0.15) is 0 Å². The number of ether oxygens (including phenoxy) is 1. The van der Waals surface area contributed by atoms with Gasteiger partial charge in [-0.05, 0) is 66.4 Å². The van der Waals surface area contributed by atoms with Crippen molar-refractivity contribution in [3.8, 4) is 5.75 Å². The van der Waals surface area contributed by atoms with Crippen molar-refractivity contribution in [3.63, 3.8) is 0 Å². The van der Waals surface area contributed by atoms with Crippen LogP contribution in [0.2, 0.25) is 5.02 Å². The van der Waals surface area contributed by atoms with Gasteiger partial charge in [0.2, 0.25) is 5.76 Å². The highest BCUT2D eigenvalue weighted by molar-refractivity contribution is 6.31. The van der Waals surface area contributed by atoms with E-state index in [-0.39, 0.29) is 22.3 Å². The highest BCUT2D eigenvalue weighted by atomic mass is 35.5. The first-order chi connectivity index (χ1) is 16.8. The van der Waals surface area contributed by atoms with Gasteiger partial charge < -0.3 is 9.15 Å². The average molecular weight is 492 g/mol. The van der Waals surface area contributed by atoms with Crippen molar-refractivity contribution in [1.82, 2.24) is 0 Å². The maximum absolute atomic E-state index is 14.0. The second-order valence-electron chi connectivity index (χ2n) is 8.98. The van der Waals surface area contributed by atoms with Crippen LogP contribution in [-0.2, 0) is 0 Å². The molecule has 1 amide bonds. The lowest BCUT2D eigenvalue weighted by Crippen LogP contribution is -2.29. The first-order valence-corrected chi connectivity index (χ1v) is 11.8. The SMILES string of the molecule is CC(C)CCOc1cccc(C2c3c(oc4ccc(F)cc4c3=O)C(=O)N2c2cccc(Cl)c2)c1. The minimum Gasteiger partial charge on any atom is -0.494 e. The summed E-state index contributed by atoms with van der Waals surface area (Å²) in [5.41, 5.74) is 1.05. The molecule has 0 N–H and O–H groups in total. The quantitative estimate of drug-likeness (QED) is 0.299. The third kappa shape index (κ3) is 4.30. The molecule has 3 aromatic carbocycles. The van der Waals surface area contributed by atoms with Crippen LogP contribution in [0.5, 0.6) is 5.75 Å². The topological polar surface area (TPSA) is 59.8 Å². The molecule has 178 valence electrons. The van der Waals surface area contributed by atoms with Crippen LogP contribution in [0.25, 0.3) is 11.0 Å². The summed E-state index contributed by atoms with van der Waals surface area (Å²) in [6.45, 7) is 4.79. The summed E-state index contributed by atoms with van der Waals surface area (Å²) >= 11 is 6.23. The van der Waals surface area contributed by atoms with Gasteiger partial charge in [0, 0.05) is 10.7 Å². The highest BCUT2D eigenvalue weighted by Crippen LogP contribution is 2.42. The van der Waals surface area contributed by atoms with Crippen molar-refractivity contribution in [1.29, 1.82) is 0 Å². The molecule has 0 radical (unpaired) electrons. The van der Waals surface area contributed by atoms with Gasteiger partial charge in [0.25, 0.3) is 5.91 Å². The average Bonchev–Trinajstić information content (AvgIpc) is 3.12. The Balaban J connectivity index is 1.69. The minimum absolute atomic E-state index is 0.0646. The molecule has 7 heteroatoms. The lowest BCUT2D eigenvalue weighted by molar-refractivity contribution is 0.0971. The second-order valence-corrected chi connectivity index (χ2v) is 9.41. The number of anilines is 1. The Morgan fingerprint density at radius 3 is 2.63 bits per heavy atom. The van der Waals surface area contributed by atoms with E-state index in [2.05, 4.69) is 13.8 Å². The van der Waals surface area contributed by atoms with E-state index in [0.717, 1.165) is 12.5 Å². The largest absolute Gasteiger partial charge is 0.494 e. The van der Waals surface area contributed by atoms with Crippen molar-refractivity contribution in [2.75, 3.05) is 11.5 Å². The fraction of sp³-hybridized carbons (Fsp3) is 0.214. The van der Waals surface area contributed by atoms with Gasteiger partial charge in [0.15, 0.2) is 5.43 Å². The Kier molecular flexibility index (Phi) is 6.07. The van der Waals surface area contributed by atoms with Crippen molar-refractivity contribution in [2.24, 2.45) is 5.92 Å². The van der Waals surface area contributed by atoms with Gasteiger partial charge in [-0.3, -0.25) is 14.5 Å². The summed E-state index contributed by atoms with van der Waals surface area (Å²) in [7, 11) is 0. The number of fused-ring (bicyclic) bond motifs is 2. The second kappa shape index (κ2) is 9.19. The molecule has 4 aromatic rings. The Morgan fingerprint density at radius 2 is 1.86 bits per heavy atom. The van der Waals surface area contributed by atoms with Crippen LogP contribution in [0.3, 0.4) is 0 Å². The van der Waals surface area contributed by atoms with Gasteiger partial charge in [0.05, 0.1) is 23.6 Å². The molecule has 1 unspecified atom stereocenters. The van der Waals surface area contributed by atoms with Gasteiger partial charge in [-0.15, -0.1) is 0 Å². The fourth-order valence-electron chi connectivity index (χ4n) is 4.34. The molecule has 1 aliphatic rings. The standard InChI is InChI=1S/C28H23ClFNO4/c1-16(2)11-12-34-21-8-3-5-17(13-21)25-24-26(32)22-15-19(30)9-10-23(22)35-27(24)28(33)31(25)20-7-4-6-18(29)14-20/h3-10,13-16,25H,11-12H2,1-2H3. The van der Waals surface area contributed by atoms with E-state index >= 15 is 0 Å². The number of hydrogen-bond acceptors (Lipinski definition) is 4. The number of amides is 1. The van der Waals surface area contributed by atoms with Crippen LogP contribution in [0, 0.1) is 11.7 Å². The van der Waals surface area contributed by atoms with Gasteiger partial charge in [0.1, 0.15) is 17.1 Å². The van der Waals surface area contributed by atoms with Crippen molar-refractivity contribution in [3.05, 3.63) is 105 Å². The molecule has 0 bridgehead atoms. The monoisotopic (exact) mass is 491 g/mol. The number of nitrogens with zero attached hydrogens (tertiary/aromatic N) is 1. The zero-order chi connectivity index (χ0) is 24.7. The molecule has 0 saturated heterocycles. The van der Waals surface area contributed by atoms with E-state index in [0.29, 0.717) is 34.5 Å². The number of hydrogen-bond donors (Lipinski definition) is 0. The van der Waals surface area contributed by atoms with E-state index in [1.807, 2.05) is 24.3 Å². The molecule has 0 saturated carbocycles. The lowest BCUT2D eigenvalue weighted by atomic mass is 9.98. The first-order valence-electron chi connectivity index (χ1n) is 11.4. The van der Waals surface area contributed by atoms with Gasteiger partial charge >= 0.3 is 0 Å². The van der Waals surface area contributed by atoms with Crippen LogP contribution in [0.1, 0.15) is 48.0 Å². The fourth-order valence-corrected chi connectivity index (χ4v) is 4.52. The molecule has 0 fully saturated rings. The van der Waals surface area contributed by atoms with E-state index in [1.54, 1.807) is 24.3 Å².